The van der Waals surface area contributed by atoms with Gasteiger partial charge in [-0.2, -0.15) is 0 Å². The molecule has 0 aromatic heterocycles. The molecule has 0 bridgehead atoms. The molecule has 0 N–H and O–H groups in total. The van der Waals surface area contributed by atoms with Crippen LogP contribution < -0.4 is 9.47 Å². The third-order valence-corrected chi connectivity index (χ3v) is 2.56. The molecule has 0 heterocycles. The molecule has 0 aliphatic rings. The predicted molar refractivity (Wildman–Crippen MR) is 71.8 cm³/mol. The highest BCUT2D eigenvalue weighted by Gasteiger charge is 2.05. The normalized spacial score (nSPS) is 10.4. The summed E-state index contributed by atoms with van der Waals surface area (Å²) in [7, 11) is 1.67. The lowest BCUT2D eigenvalue weighted by molar-refractivity contribution is 0.273. The maximum atomic E-state index is 5.72. The van der Waals surface area contributed by atoms with Crippen molar-refractivity contribution < 1.29 is 9.47 Å². The first-order valence-electron chi connectivity index (χ1n) is 6.08. The molecule has 94 valence electrons. The van der Waals surface area contributed by atoms with Crippen molar-refractivity contribution in [3.63, 3.8) is 0 Å². The summed E-state index contributed by atoms with van der Waals surface area (Å²) in [5.41, 5.74) is 1.19. The minimum absolute atomic E-state index is 0.654. The predicted octanol–water partition coefficient (Wildman–Crippen LogP) is 3.85. The van der Waals surface area contributed by atoms with Crippen molar-refractivity contribution in [2.45, 2.75) is 26.7 Å². The van der Waals surface area contributed by atoms with E-state index in [-0.39, 0.29) is 0 Å². The Morgan fingerprint density at radius 2 is 2.06 bits per heavy atom. The van der Waals surface area contributed by atoms with Gasteiger partial charge in [-0.25, -0.2) is 0 Å². The van der Waals surface area contributed by atoms with Gasteiger partial charge in [-0.05, 0) is 36.5 Å². The highest BCUT2D eigenvalue weighted by molar-refractivity contribution is 5.43. The third-order valence-electron chi connectivity index (χ3n) is 2.56. The Bertz CT molecular complexity index is 356. The van der Waals surface area contributed by atoms with E-state index in [1.54, 1.807) is 7.11 Å². The summed E-state index contributed by atoms with van der Waals surface area (Å²) < 4.78 is 11.1. The lowest BCUT2D eigenvalue weighted by Gasteiger charge is -2.12. The summed E-state index contributed by atoms with van der Waals surface area (Å²) in [4.78, 5) is 0. The van der Waals surface area contributed by atoms with Gasteiger partial charge in [0.2, 0.25) is 0 Å². The molecule has 0 saturated carbocycles. The van der Waals surface area contributed by atoms with Gasteiger partial charge in [0.1, 0.15) is 0 Å². The molecular formula is C15H22O2. The first-order chi connectivity index (χ1) is 8.17. The van der Waals surface area contributed by atoms with Crippen LogP contribution in [0.15, 0.2) is 30.9 Å². The Morgan fingerprint density at radius 3 is 2.65 bits per heavy atom. The summed E-state index contributed by atoms with van der Waals surface area (Å²) in [6, 6.07) is 6.03. The van der Waals surface area contributed by atoms with Crippen molar-refractivity contribution in [2.75, 3.05) is 13.7 Å². The summed E-state index contributed by atoms with van der Waals surface area (Å²) >= 11 is 0. The van der Waals surface area contributed by atoms with Crippen LogP contribution in [-0.2, 0) is 6.42 Å². The van der Waals surface area contributed by atoms with Gasteiger partial charge in [0.15, 0.2) is 11.5 Å². The highest BCUT2D eigenvalue weighted by Crippen LogP contribution is 2.28. The first-order valence-corrected chi connectivity index (χ1v) is 6.08. The number of hydrogen-bond acceptors (Lipinski definition) is 2. The fourth-order valence-electron chi connectivity index (χ4n) is 1.53. The monoisotopic (exact) mass is 234 g/mol. The Labute approximate surface area is 104 Å². The average molecular weight is 234 g/mol. The molecular weight excluding hydrogens is 212 g/mol. The van der Waals surface area contributed by atoms with Crippen LogP contribution in [0.4, 0.5) is 0 Å². The number of allylic oxidation sites excluding steroid dienone is 1. The van der Waals surface area contributed by atoms with Crippen molar-refractivity contribution in [1.29, 1.82) is 0 Å². The molecule has 0 amide bonds. The second-order valence-corrected chi connectivity index (χ2v) is 4.51. The van der Waals surface area contributed by atoms with Gasteiger partial charge >= 0.3 is 0 Å². The highest BCUT2D eigenvalue weighted by atomic mass is 16.5. The Kier molecular flexibility index (Phi) is 5.61. The SMILES string of the molecule is C=CCc1ccc(OCCC(C)C)c(OC)c1. The molecule has 1 aromatic rings. The molecule has 0 spiro atoms. The lowest BCUT2D eigenvalue weighted by Crippen LogP contribution is -2.02. The van der Waals surface area contributed by atoms with Crippen molar-refractivity contribution in [3.8, 4) is 11.5 Å². The van der Waals surface area contributed by atoms with E-state index in [1.807, 2.05) is 18.2 Å². The molecule has 0 radical (unpaired) electrons. The van der Waals surface area contributed by atoms with E-state index in [1.165, 1.54) is 5.56 Å². The fourth-order valence-corrected chi connectivity index (χ4v) is 1.53. The van der Waals surface area contributed by atoms with E-state index >= 15 is 0 Å². The number of hydrogen-bond donors (Lipinski definition) is 0. The molecule has 0 aliphatic carbocycles. The maximum absolute atomic E-state index is 5.72. The number of ether oxygens (including phenoxy) is 2. The van der Waals surface area contributed by atoms with Gasteiger partial charge in [-0.3, -0.25) is 0 Å². The van der Waals surface area contributed by atoms with Crippen LogP contribution in [0.2, 0.25) is 0 Å². The quantitative estimate of drug-likeness (QED) is 0.667. The zero-order chi connectivity index (χ0) is 12.7. The summed E-state index contributed by atoms with van der Waals surface area (Å²) in [6.45, 7) is 8.84. The van der Waals surface area contributed by atoms with Crippen LogP contribution in [0.1, 0.15) is 25.8 Å². The Balaban J connectivity index is 2.67. The topological polar surface area (TPSA) is 18.5 Å². The van der Waals surface area contributed by atoms with Crippen molar-refractivity contribution in [1.82, 2.24) is 0 Å². The van der Waals surface area contributed by atoms with Gasteiger partial charge in [-0.15, -0.1) is 6.58 Å². The molecule has 0 atom stereocenters. The minimum Gasteiger partial charge on any atom is -0.493 e. The van der Waals surface area contributed by atoms with Crippen LogP contribution in [0.25, 0.3) is 0 Å². The van der Waals surface area contributed by atoms with Gasteiger partial charge in [0.05, 0.1) is 13.7 Å². The van der Waals surface area contributed by atoms with Crippen LogP contribution in [0, 0.1) is 5.92 Å². The maximum Gasteiger partial charge on any atom is 0.161 e. The van der Waals surface area contributed by atoms with Crippen LogP contribution in [0.3, 0.4) is 0 Å². The van der Waals surface area contributed by atoms with Crippen LogP contribution >= 0.6 is 0 Å². The molecule has 2 nitrogen and oxygen atoms in total. The fraction of sp³-hybridized carbons (Fsp3) is 0.467. The molecule has 1 rings (SSSR count). The number of methoxy groups -OCH3 is 1. The van der Waals surface area contributed by atoms with E-state index in [2.05, 4.69) is 26.5 Å². The summed E-state index contributed by atoms with van der Waals surface area (Å²) in [5.74, 6) is 2.27. The molecule has 1 aromatic carbocycles. The van der Waals surface area contributed by atoms with Crippen molar-refractivity contribution in [3.05, 3.63) is 36.4 Å². The number of rotatable bonds is 7. The third kappa shape index (κ3) is 4.51. The van der Waals surface area contributed by atoms with Crippen LogP contribution in [-0.4, -0.2) is 13.7 Å². The summed E-state index contributed by atoms with van der Waals surface area (Å²) in [6.07, 6.45) is 3.79. The van der Waals surface area contributed by atoms with E-state index in [4.69, 9.17) is 9.47 Å². The Hall–Kier alpha value is -1.44. The largest absolute Gasteiger partial charge is 0.493 e. The molecule has 0 aliphatic heterocycles. The molecule has 0 fully saturated rings. The average Bonchev–Trinajstić information content (AvgIpc) is 2.30. The zero-order valence-electron chi connectivity index (χ0n) is 11.0. The van der Waals surface area contributed by atoms with Crippen molar-refractivity contribution in [2.24, 2.45) is 5.92 Å². The summed E-state index contributed by atoms with van der Waals surface area (Å²) in [5, 5.41) is 0. The molecule has 0 unspecified atom stereocenters. The Morgan fingerprint density at radius 1 is 1.29 bits per heavy atom. The molecule has 17 heavy (non-hydrogen) atoms. The van der Waals surface area contributed by atoms with Gasteiger partial charge in [-0.1, -0.05) is 26.0 Å². The molecule has 2 heteroatoms. The van der Waals surface area contributed by atoms with Gasteiger partial charge < -0.3 is 9.47 Å². The molecule has 0 saturated heterocycles. The van der Waals surface area contributed by atoms with Gasteiger partial charge in [0, 0.05) is 0 Å². The first kappa shape index (κ1) is 13.6. The lowest BCUT2D eigenvalue weighted by atomic mass is 10.1. The smallest absolute Gasteiger partial charge is 0.161 e. The second-order valence-electron chi connectivity index (χ2n) is 4.51. The van der Waals surface area contributed by atoms with E-state index in [0.29, 0.717) is 5.92 Å². The van der Waals surface area contributed by atoms with Crippen LogP contribution in [0.5, 0.6) is 11.5 Å². The standard InChI is InChI=1S/C15H22O2/c1-5-6-13-7-8-14(15(11-13)16-4)17-10-9-12(2)3/h5,7-8,11-12H,1,6,9-10H2,2-4H3. The van der Waals surface area contributed by atoms with E-state index in [0.717, 1.165) is 30.9 Å². The van der Waals surface area contributed by atoms with E-state index < -0.39 is 0 Å². The zero-order valence-corrected chi connectivity index (χ0v) is 11.0. The minimum atomic E-state index is 0.654. The number of benzene rings is 1. The van der Waals surface area contributed by atoms with Gasteiger partial charge in [0.25, 0.3) is 0 Å². The van der Waals surface area contributed by atoms with E-state index in [9.17, 15) is 0 Å². The second kappa shape index (κ2) is 7.00. The van der Waals surface area contributed by atoms with Crippen molar-refractivity contribution >= 4 is 0 Å².